The predicted molar refractivity (Wildman–Crippen MR) is 107 cm³/mol. The third-order valence-electron chi connectivity index (χ3n) is 6.43. The highest BCUT2D eigenvalue weighted by Crippen LogP contribution is 2.51. The first-order chi connectivity index (χ1) is 13.4. The summed E-state index contributed by atoms with van der Waals surface area (Å²) in [5, 5.41) is 23.5. The molecule has 0 aromatic heterocycles. The number of carboxylic acid groups (broad SMARTS) is 1. The van der Waals surface area contributed by atoms with E-state index in [0.717, 1.165) is 37.4 Å². The zero-order valence-corrected chi connectivity index (χ0v) is 17.2. The van der Waals surface area contributed by atoms with Crippen LogP contribution in [0.25, 0.3) is 0 Å². The molecule has 6 atom stereocenters. The molecule has 4 aliphatic heterocycles. The van der Waals surface area contributed by atoms with E-state index in [2.05, 4.69) is 22.5 Å². The van der Waals surface area contributed by atoms with E-state index < -0.39 is 18.0 Å². The van der Waals surface area contributed by atoms with E-state index >= 15 is 0 Å². The van der Waals surface area contributed by atoms with Crippen molar-refractivity contribution in [3.05, 3.63) is 22.9 Å². The monoisotopic (exact) mass is 407 g/mol. The number of carbonyl (C=O) groups excluding carboxylic acids is 1. The van der Waals surface area contributed by atoms with Crippen LogP contribution in [0.4, 0.5) is 0 Å². The number of likely N-dealkylation sites (tertiary alicyclic amines) is 1. The normalized spacial score (nSPS) is 36.4. The molecule has 2 unspecified atom stereocenters. The van der Waals surface area contributed by atoms with E-state index in [9.17, 15) is 19.8 Å². The number of thioether (sulfide) groups is 1. The molecule has 0 spiro atoms. The molecule has 4 heterocycles. The zero-order chi connectivity index (χ0) is 20.0. The van der Waals surface area contributed by atoms with E-state index in [1.165, 1.54) is 11.3 Å². The van der Waals surface area contributed by atoms with Crippen LogP contribution in [-0.4, -0.2) is 75.0 Å². The second-order valence-electron chi connectivity index (χ2n) is 8.33. The maximum absolute atomic E-state index is 12.4. The standard InChI is InChI=1S/C20H29N3O4S/c1-11-16-15(12(2)24)19(25)23(16)17(20(26)27)18(11)28-14-5-4-13(21-10-14)6-9-22-7-3-8-22/h6,9,11-16,21,24H,3-5,7-8,10H2,1-2H3,(H,26,27)/b9-6+/t11-,12-,13?,14?,15-,16-/m1/s1. The summed E-state index contributed by atoms with van der Waals surface area (Å²) in [5.41, 5.74) is 0.129. The van der Waals surface area contributed by atoms with Crippen molar-refractivity contribution >= 4 is 23.6 Å². The van der Waals surface area contributed by atoms with Crippen LogP contribution in [0.3, 0.4) is 0 Å². The number of aliphatic carboxylic acids is 1. The fourth-order valence-corrected chi connectivity index (χ4v) is 6.13. The van der Waals surface area contributed by atoms with Crippen molar-refractivity contribution in [2.75, 3.05) is 19.6 Å². The summed E-state index contributed by atoms with van der Waals surface area (Å²) in [6.45, 7) is 6.70. The number of β-lactam (4-membered cyclic amide) rings is 1. The Labute approximate surface area is 169 Å². The lowest BCUT2D eigenvalue weighted by molar-refractivity contribution is -0.163. The van der Waals surface area contributed by atoms with Gasteiger partial charge in [-0.3, -0.25) is 4.79 Å². The lowest BCUT2D eigenvalue weighted by atomic mass is 9.79. The van der Waals surface area contributed by atoms with Crippen LogP contribution in [0.2, 0.25) is 0 Å². The van der Waals surface area contributed by atoms with Gasteiger partial charge in [0.25, 0.3) is 0 Å². The van der Waals surface area contributed by atoms with Crippen LogP contribution in [-0.2, 0) is 9.59 Å². The summed E-state index contributed by atoms with van der Waals surface area (Å²) in [7, 11) is 0. The van der Waals surface area contributed by atoms with Gasteiger partial charge in [-0.05, 0) is 32.4 Å². The quantitative estimate of drug-likeness (QED) is 0.570. The van der Waals surface area contributed by atoms with Gasteiger partial charge in [-0.25, -0.2) is 4.79 Å². The number of nitrogens with zero attached hydrogens (tertiary/aromatic N) is 2. The topological polar surface area (TPSA) is 93.1 Å². The van der Waals surface area contributed by atoms with E-state index in [1.807, 2.05) is 6.92 Å². The first kappa shape index (κ1) is 19.8. The fourth-order valence-electron chi connectivity index (χ4n) is 4.69. The summed E-state index contributed by atoms with van der Waals surface area (Å²) in [6.07, 6.45) is 6.97. The highest BCUT2D eigenvalue weighted by Gasteiger charge is 2.60. The van der Waals surface area contributed by atoms with E-state index in [4.69, 9.17) is 0 Å². The first-order valence-corrected chi connectivity index (χ1v) is 11.1. The minimum atomic E-state index is -1.05. The molecule has 0 aromatic carbocycles. The van der Waals surface area contributed by atoms with Crippen molar-refractivity contribution < 1.29 is 19.8 Å². The van der Waals surface area contributed by atoms with Gasteiger partial charge in [-0.2, -0.15) is 0 Å². The van der Waals surface area contributed by atoms with Crippen molar-refractivity contribution in [1.29, 1.82) is 0 Å². The molecule has 7 nitrogen and oxygen atoms in total. The van der Waals surface area contributed by atoms with Crippen LogP contribution in [0, 0.1) is 11.8 Å². The molecule has 28 heavy (non-hydrogen) atoms. The zero-order valence-electron chi connectivity index (χ0n) is 16.4. The lowest BCUT2D eigenvalue weighted by Crippen LogP contribution is -2.63. The second-order valence-corrected chi connectivity index (χ2v) is 9.68. The minimum absolute atomic E-state index is 0.0579. The SMILES string of the molecule is C[C@@H](O)[C@H]1C(=O)N2C(C(=O)O)=C(SC3CCC(/C=C/N4CCC4)NC3)[C@H](C)[C@H]12. The number of carbonyl (C=O) groups is 2. The Morgan fingerprint density at radius 2 is 2.11 bits per heavy atom. The Morgan fingerprint density at radius 1 is 1.36 bits per heavy atom. The van der Waals surface area contributed by atoms with Gasteiger partial charge in [0.15, 0.2) is 0 Å². The summed E-state index contributed by atoms with van der Waals surface area (Å²) in [4.78, 5) is 28.8. The number of hydrogen-bond donors (Lipinski definition) is 3. The number of fused-ring (bicyclic) bond motifs is 1. The Morgan fingerprint density at radius 3 is 2.64 bits per heavy atom. The smallest absolute Gasteiger partial charge is 0.353 e. The number of rotatable bonds is 6. The predicted octanol–water partition coefficient (Wildman–Crippen LogP) is 1.21. The van der Waals surface area contributed by atoms with E-state index in [0.29, 0.717) is 11.3 Å². The molecule has 3 fully saturated rings. The Bertz CT molecular complexity index is 710. The van der Waals surface area contributed by atoms with Crippen molar-refractivity contribution in [1.82, 2.24) is 15.1 Å². The molecule has 4 rings (SSSR count). The Balaban J connectivity index is 1.40. The molecule has 154 valence electrons. The summed E-state index contributed by atoms with van der Waals surface area (Å²) >= 11 is 1.60. The van der Waals surface area contributed by atoms with Gasteiger partial charge in [0.2, 0.25) is 5.91 Å². The van der Waals surface area contributed by atoms with Gasteiger partial charge in [0.05, 0.1) is 18.1 Å². The number of amides is 1. The van der Waals surface area contributed by atoms with E-state index in [1.54, 1.807) is 18.7 Å². The highest BCUT2D eigenvalue weighted by atomic mass is 32.2. The molecule has 0 aromatic rings. The summed E-state index contributed by atoms with van der Waals surface area (Å²) < 4.78 is 0. The number of carboxylic acids is 1. The molecular formula is C20H29N3O4S. The Kier molecular flexibility index (Phi) is 5.46. The van der Waals surface area contributed by atoms with Crippen LogP contribution >= 0.6 is 11.8 Å². The van der Waals surface area contributed by atoms with Gasteiger partial charge in [0, 0.05) is 41.7 Å². The number of aliphatic hydroxyl groups excluding tert-OH is 1. The van der Waals surface area contributed by atoms with Crippen molar-refractivity contribution in [2.45, 2.75) is 56.5 Å². The van der Waals surface area contributed by atoms with Gasteiger partial charge >= 0.3 is 5.97 Å². The van der Waals surface area contributed by atoms with Gasteiger partial charge in [-0.1, -0.05) is 13.0 Å². The van der Waals surface area contributed by atoms with Crippen LogP contribution in [0.1, 0.15) is 33.1 Å². The number of nitrogens with one attached hydrogen (secondary N) is 1. The molecule has 8 heteroatoms. The molecule has 0 radical (unpaired) electrons. The van der Waals surface area contributed by atoms with Gasteiger partial charge < -0.3 is 25.3 Å². The average Bonchev–Trinajstić information content (AvgIpc) is 2.84. The number of hydrogen-bond acceptors (Lipinski definition) is 6. The number of aliphatic hydroxyl groups is 1. The summed E-state index contributed by atoms with van der Waals surface area (Å²) in [5.74, 6) is -1.87. The van der Waals surface area contributed by atoms with Crippen LogP contribution < -0.4 is 5.32 Å². The molecule has 4 aliphatic rings. The van der Waals surface area contributed by atoms with Crippen LogP contribution in [0.15, 0.2) is 22.9 Å². The fraction of sp³-hybridized carbons (Fsp3) is 0.700. The van der Waals surface area contributed by atoms with Gasteiger partial charge in [-0.15, -0.1) is 11.8 Å². The third-order valence-corrected chi connectivity index (χ3v) is 7.99. The highest BCUT2D eigenvalue weighted by molar-refractivity contribution is 8.03. The Hall–Kier alpha value is -1.51. The van der Waals surface area contributed by atoms with Gasteiger partial charge in [0.1, 0.15) is 5.70 Å². The van der Waals surface area contributed by atoms with Crippen molar-refractivity contribution in [2.24, 2.45) is 11.8 Å². The molecule has 0 aliphatic carbocycles. The lowest BCUT2D eigenvalue weighted by Gasteiger charge is -2.46. The summed E-state index contributed by atoms with van der Waals surface area (Å²) in [6, 6.07) is 0.136. The maximum atomic E-state index is 12.4. The van der Waals surface area contributed by atoms with Crippen molar-refractivity contribution in [3.8, 4) is 0 Å². The molecule has 0 saturated carbocycles. The molecule has 1 amide bonds. The van der Waals surface area contributed by atoms with E-state index in [-0.39, 0.29) is 23.6 Å². The first-order valence-electron chi connectivity index (χ1n) is 10.2. The molecule has 3 N–H and O–H groups in total. The average molecular weight is 408 g/mol. The molecule has 3 saturated heterocycles. The van der Waals surface area contributed by atoms with Crippen LogP contribution in [0.5, 0.6) is 0 Å². The molecular weight excluding hydrogens is 378 g/mol. The van der Waals surface area contributed by atoms with Crippen molar-refractivity contribution in [3.63, 3.8) is 0 Å². The minimum Gasteiger partial charge on any atom is -0.477 e. The number of piperidine rings is 1. The largest absolute Gasteiger partial charge is 0.477 e. The maximum Gasteiger partial charge on any atom is 0.353 e. The third kappa shape index (κ3) is 3.35. The molecule has 0 bridgehead atoms. The second kappa shape index (κ2) is 7.72.